The molecule has 116 valence electrons. The number of nitro groups is 1. The second-order valence-electron chi connectivity index (χ2n) is 4.60. The Hall–Kier alpha value is -2.15. The van der Waals surface area contributed by atoms with Crippen molar-refractivity contribution in [3.8, 4) is 5.75 Å². The Morgan fingerprint density at radius 2 is 2.05 bits per heavy atom. The van der Waals surface area contributed by atoms with Gasteiger partial charge in [-0.3, -0.25) is 15.4 Å². The number of hydrogen-bond acceptors (Lipinski definition) is 6. The van der Waals surface area contributed by atoms with E-state index in [1.807, 2.05) is 6.92 Å². The van der Waals surface area contributed by atoms with Crippen LogP contribution in [0.2, 0.25) is 0 Å². The molecular weight excluding hydrogens is 276 g/mol. The van der Waals surface area contributed by atoms with Crippen molar-refractivity contribution >= 4 is 11.7 Å². The summed E-state index contributed by atoms with van der Waals surface area (Å²) >= 11 is 0. The van der Waals surface area contributed by atoms with Gasteiger partial charge in [-0.25, -0.2) is 4.79 Å². The van der Waals surface area contributed by atoms with E-state index in [-0.39, 0.29) is 24.7 Å². The average Bonchev–Trinajstić information content (AvgIpc) is 2.46. The Labute approximate surface area is 123 Å². The summed E-state index contributed by atoms with van der Waals surface area (Å²) in [5.41, 5.74) is -1.20. The summed E-state index contributed by atoms with van der Waals surface area (Å²) in [6.45, 7) is 5.93. The molecule has 0 bridgehead atoms. The first-order chi connectivity index (χ1) is 9.94. The first kappa shape index (κ1) is 16.9. The third kappa shape index (κ3) is 4.42. The number of nitrogens with one attached hydrogen (secondary N) is 1. The molecule has 0 amide bonds. The summed E-state index contributed by atoms with van der Waals surface area (Å²) in [7, 11) is 0. The minimum absolute atomic E-state index is 0.0650. The van der Waals surface area contributed by atoms with E-state index in [0.29, 0.717) is 6.54 Å². The summed E-state index contributed by atoms with van der Waals surface area (Å²) in [6.07, 6.45) is 0. The molecular formula is C14H20N2O5. The van der Waals surface area contributed by atoms with E-state index in [1.165, 1.54) is 12.1 Å². The lowest BCUT2D eigenvalue weighted by Gasteiger charge is -2.27. The fraction of sp³-hybridized carbons (Fsp3) is 0.500. The number of likely N-dealkylation sites (N-methyl/N-ethyl adjacent to an activating group) is 1. The molecule has 0 radical (unpaired) electrons. The van der Waals surface area contributed by atoms with E-state index < -0.39 is 16.4 Å². The van der Waals surface area contributed by atoms with Crippen LogP contribution in [0.4, 0.5) is 5.69 Å². The van der Waals surface area contributed by atoms with E-state index in [4.69, 9.17) is 9.47 Å². The lowest BCUT2D eigenvalue weighted by molar-refractivity contribution is -0.385. The lowest BCUT2D eigenvalue weighted by atomic mass is 10.0. The lowest BCUT2D eigenvalue weighted by Crippen LogP contribution is -2.54. The number of carbonyl (C=O) groups excluding carboxylic acids is 1. The fourth-order valence-corrected chi connectivity index (χ4v) is 1.81. The molecule has 0 saturated heterocycles. The van der Waals surface area contributed by atoms with Crippen molar-refractivity contribution in [2.75, 3.05) is 19.8 Å². The zero-order valence-corrected chi connectivity index (χ0v) is 12.4. The molecule has 1 N–H and O–H groups in total. The van der Waals surface area contributed by atoms with Crippen LogP contribution in [0.15, 0.2) is 24.3 Å². The maximum absolute atomic E-state index is 12.0. The maximum Gasteiger partial charge on any atom is 0.329 e. The van der Waals surface area contributed by atoms with Crippen LogP contribution < -0.4 is 10.1 Å². The Balaban J connectivity index is 2.87. The van der Waals surface area contributed by atoms with E-state index in [0.717, 1.165) is 0 Å². The van der Waals surface area contributed by atoms with Gasteiger partial charge in [0.2, 0.25) is 0 Å². The van der Waals surface area contributed by atoms with Gasteiger partial charge < -0.3 is 9.47 Å². The first-order valence-electron chi connectivity index (χ1n) is 6.73. The smallest absolute Gasteiger partial charge is 0.329 e. The van der Waals surface area contributed by atoms with E-state index >= 15 is 0 Å². The van der Waals surface area contributed by atoms with Crippen LogP contribution in [0.1, 0.15) is 20.8 Å². The highest BCUT2D eigenvalue weighted by Crippen LogP contribution is 2.26. The third-order valence-electron chi connectivity index (χ3n) is 2.87. The molecule has 21 heavy (non-hydrogen) atoms. The van der Waals surface area contributed by atoms with Gasteiger partial charge in [-0.2, -0.15) is 0 Å². The maximum atomic E-state index is 12.0. The highest BCUT2D eigenvalue weighted by molar-refractivity contribution is 5.80. The predicted molar refractivity (Wildman–Crippen MR) is 77.3 cm³/mol. The molecule has 1 aromatic carbocycles. The molecule has 0 fully saturated rings. The van der Waals surface area contributed by atoms with E-state index in [1.54, 1.807) is 26.0 Å². The fourth-order valence-electron chi connectivity index (χ4n) is 1.81. The molecule has 0 spiro atoms. The highest BCUT2D eigenvalue weighted by Gasteiger charge is 2.35. The molecule has 0 aliphatic rings. The summed E-state index contributed by atoms with van der Waals surface area (Å²) in [5, 5.41) is 13.9. The monoisotopic (exact) mass is 296 g/mol. The molecule has 7 nitrogen and oxygen atoms in total. The SMILES string of the molecule is CCNC(C)(COc1ccccc1[N+](=O)[O-])C(=O)OCC. The van der Waals surface area contributed by atoms with Crippen LogP contribution in [0.5, 0.6) is 5.75 Å². The zero-order valence-electron chi connectivity index (χ0n) is 12.4. The van der Waals surface area contributed by atoms with Crippen LogP contribution in [-0.2, 0) is 9.53 Å². The van der Waals surface area contributed by atoms with Crippen LogP contribution in [0.3, 0.4) is 0 Å². The van der Waals surface area contributed by atoms with Gasteiger partial charge >= 0.3 is 11.7 Å². The van der Waals surface area contributed by atoms with E-state index in [2.05, 4.69) is 5.32 Å². The molecule has 0 heterocycles. The number of benzene rings is 1. The Bertz CT molecular complexity index is 506. The number of esters is 1. The zero-order chi connectivity index (χ0) is 15.9. The second kappa shape index (κ2) is 7.58. The molecule has 0 aromatic heterocycles. The third-order valence-corrected chi connectivity index (χ3v) is 2.87. The van der Waals surface area contributed by atoms with Gasteiger partial charge in [-0.05, 0) is 26.5 Å². The summed E-state index contributed by atoms with van der Waals surface area (Å²) in [6, 6.07) is 6.04. The molecule has 1 unspecified atom stereocenters. The molecule has 0 aliphatic carbocycles. The van der Waals surface area contributed by atoms with Gasteiger partial charge in [0.25, 0.3) is 0 Å². The van der Waals surface area contributed by atoms with Gasteiger partial charge in [0.05, 0.1) is 11.5 Å². The molecule has 1 atom stereocenters. The quantitative estimate of drug-likeness (QED) is 0.447. The van der Waals surface area contributed by atoms with E-state index in [9.17, 15) is 14.9 Å². The largest absolute Gasteiger partial charge is 0.484 e. The number of rotatable bonds is 8. The van der Waals surface area contributed by atoms with Crippen molar-refractivity contribution < 1.29 is 19.2 Å². The number of para-hydroxylation sites is 2. The molecule has 0 saturated carbocycles. The number of nitrogens with zero attached hydrogens (tertiary/aromatic N) is 1. The van der Waals surface area contributed by atoms with Crippen LogP contribution in [-0.4, -0.2) is 36.2 Å². The second-order valence-corrected chi connectivity index (χ2v) is 4.60. The number of carbonyl (C=O) groups is 1. The van der Waals surface area contributed by atoms with Gasteiger partial charge in [-0.15, -0.1) is 0 Å². The first-order valence-corrected chi connectivity index (χ1v) is 6.73. The molecule has 1 aromatic rings. The van der Waals surface area contributed by atoms with Gasteiger partial charge in [0, 0.05) is 6.07 Å². The summed E-state index contributed by atoms with van der Waals surface area (Å²) in [5.74, 6) is -0.332. The van der Waals surface area contributed by atoms with Crippen LogP contribution in [0, 0.1) is 10.1 Å². The topological polar surface area (TPSA) is 90.7 Å². The molecule has 7 heteroatoms. The Morgan fingerprint density at radius 3 is 2.62 bits per heavy atom. The van der Waals surface area contributed by atoms with Crippen molar-refractivity contribution in [3.63, 3.8) is 0 Å². The standard InChI is InChI=1S/C14H20N2O5/c1-4-15-14(3,13(17)20-5-2)10-21-12-9-7-6-8-11(12)16(18)19/h6-9,15H,4-5,10H2,1-3H3. The normalized spacial score (nSPS) is 13.3. The predicted octanol–water partition coefficient (Wildman–Crippen LogP) is 1.90. The molecule has 0 aliphatic heterocycles. The summed E-state index contributed by atoms with van der Waals surface area (Å²) in [4.78, 5) is 22.4. The van der Waals surface area contributed by atoms with Crippen LogP contribution in [0.25, 0.3) is 0 Å². The van der Waals surface area contributed by atoms with Gasteiger partial charge in [0.15, 0.2) is 5.75 Å². The van der Waals surface area contributed by atoms with Gasteiger partial charge in [0.1, 0.15) is 12.1 Å². The van der Waals surface area contributed by atoms with Crippen molar-refractivity contribution in [2.45, 2.75) is 26.3 Å². The van der Waals surface area contributed by atoms with Crippen molar-refractivity contribution in [1.29, 1.82) is 0 Å². The molecule has 1 rings (SSSR count). The van der Waals surface area contributed by atoms with Crippen molar-refractivity contribution in [2.24, 2.45) is 0 Å². The average molecular weight is 296 g/mol. The number of nitro benzene ring substituents is 1. The minimum Gasteiger partial charge on any atom is -0.484 e. The Morgan fingerprint density at radius 1 is 1.38 bits per heavy atom. The number of hydrogen-bond donors (Lipinski definition) is 1. The number of ether oxygens (including phenoxy) is 2. The van der Waals surface area contributed by atoms with Crippen molar-refractivity contribution in [3.05, 3.63) is 34.4 Å². The summed E-state index contributed by atoms with van der Waals surface area (Å²) < 4.78 is 10.5. The van der Waals surface area contributed by atoms with Gasteiger partial charge in [-0.1, -0.05) is 19.1 Å². The minimum atomic E-state index is -1.06. The highest BCUT2D eigenvalue weighted by atomic mass is 16.6. The van der Waals surface area contributed by atoms with Crippen molar-refractivity contribution in [1.82, 2.24) is 5.32 Å². The van der Waals surface area contributed by atoms with Crippen LogP contribution >= 0.6 is 0 Å². The Kier molecular flexibility index (Phi) is 6.10.